The van der Waals surface area contributed by atoms with Crippen LogP contribution in [0.2, 0.25) is 0 Å². The minimum absolute atomic E-state index is 0.627. The van der Waals surface area contributed by atoms with Crippen LogP contribution in [0.25, 0.3) is 44.4 Å². The number of methoxy groups -OCH3 is 1. The van der Waals surface area contributed by atoms with Crippen molar-refractivity contribution in [3.8, 4) is 39.9 Å². The molecule has 0 amide bonds. The van der Waals surface area contributed by atoms with Gasteiger partial charge in [0.25, 0.3) is 0 Å². The molecule has 0 unspecified atom stereocenters. The van der Waals surface area contributed by atoms with E-state index in [1.165, 1.54) is 80.9 Å². The lowest BCUT2D eigenvalue weighted by atomic mass is 9.75. The third kappa shape index (κ3) is 6.14. The maximum Gasteiger partial charge on any atom is 0.141 e. The monoisotopic (exact) mass is 686 g/mol. The molecule has 9 rings (SSSR count). The predicted molar refractivity (Wildman–Crippen MR) is 211 cm³/mol. The van der Waals surface area contributed by atoms with Gasteiger partial charge in [-0.15, -0.1) is 0 Å². The summed E-state index contributed by atoms with van der Waals surface area (Å²) in [6, 6.07) is 31.8. The summed E-state index contributed by atoms with van der Waals surface area (Å²) >= 11 is 0. The first-order valence-corrected chi connectivity index (χ1v) is 19.1. The second-order valence-corrected chi connectivity index (χ2v) is 14.8. The maximum atomic E-state index is 6.58. The summed E-state index contributed by atoms with van der Waals surface area (Å²) in [6.07, 6.45) is 19.3. The molecule has 6 nitrogen and oxygen atoms in total. The third-order valence-corrected chi connectivity index (χ3v) is 11.4. The molecule has 52 heavy (non-hydrogen) atoms. The zero-order valence-electron chi connectivity index (χ0n) is 30.2. The number of benzene rings is 4. The Hall–Kier alpha value is -5.36. The lowest BCUT2D eigenvalue weighted by molar-refractivity contribution is 0.414. The fourth-order valence-electron chi connectivity index (χ4n) is 8.98. The molecule has 3 heterocycles. The highest BCUT2D eigenvalue weighted by Crippen LogP contribution is 2.45. The van der Waals surface area contributed by atoms with E-state index in [1.54, 1.807) is 24.4 Å². The Bertz CT molecular complexity index is 2330. The van der Waals surface area contributed by atoms with Crippen molar-refractivity contribution in [3.05, 3.63) is 126 Å². The fraction of sp³-hybridized carbons (Fsp3) is 0.304. The highest BCUT2D eigenvalue weighted by atomic mass is 16.5. The first-order chi connectivity index (χ1) is 25.6. The molecule has 0 N–H and O–H groups in total. The van der Waals surface area contributed by atoms with E-state index in [0.29, 0.717) is 11.8 Å². The van der Waals surface area contributed by atoms with Crippen LogP contribution in [-0.4, -0.2) is 26.4 Å². The van der Waals surface area contributed by atoms with Crippen LogP contribution in [-0.2, 0) is 0 Å². The van der Waals surface area contributed by atoms with Gasteiger partial charge in [-0.05, 0) is 97.5 Å². The van der Waals surface area contributed by atoms with E-state index in [2.05, 4.69) is 90.6 Å². The Morgan fingerprint density at radius 2 is 1.37 bits per heavy atom. The number of aryl methyl sites for hydroxylation is 1. The van der Waals surface area contributed by atoms with Crippen LogP contribution in [0.4, 0.5) is 0 Å². The second kappa shape index (κ2) is 14.0. The highest BCUT2D eigenvalue weighted by Gasteiger charge is 2.27. The van der Waals surface area contributed by atoms with Gasteiger partial charge < -0.3 is 9.47 Å². The van der Waals surface area contributed by atoms with Crippen LogP contribution in [0, 0.1) is 6.92 Å². The van der Waals surface area contributed by atoms with Crippen molar-refractivity contribution in [2.24, 2.45) is 0 Å². The van der Waals surface area contributed by atoms with Crippen molar-refractivity contribution >= 4 is 21.8 Å². The van der Waals surface area contributed by atoms with Crippen molar-refractivity contribution in [1.29, 1.82) is 0 Å². The number of fused-ring (bicyclic) bond motifs is 3. The van der Waals surface area contributed by atoms with Crippen molar-refractivity contribution < 1.29 is 9.47 Å². The van der Waals surface area contributed by atoms with E-state index in [4.69, 9.17) is 19.6 Å². The molecule has 2 aliphatic carbocycles. The van der Waals surface area contributed by atoms with Gasteiger partial charge in [-0.3, -0.25) is 4.57 Å². The van der Waals surface area contributed by atoms with Gasteiger partial charge in [-0.2, -0.15) is 5.10 Å². The van der Waals surface area contributed by atoms with Crippen LogP contribution in [0.15, 0.2) is 110 Å². The molecule has 2 fully saturated rings. The van der Waals surface area contributed by atoms with E-state index in [1.807, 2.05) is 28.9 Å². The Morgan fingerprint density at radius 3 is 2.12 bits per heavy atom. The lowest BCUT2D eigenvalue weighted by Crippen LogP contribution is -2.11. The summed E-state index contributed by atoms with van der Waals surface area (Å²) in [5, 5.41) is 7.28. The number of nitrogens with zero attached hydrogens (tertiary/aromatic N) is 4. The van der Waals surface area contributed by atoms with Crippen molar-refractivity contribution in [2.75, 3.05) is 7.11 Å². The average Bonchev–Trinajstić information content (AvgIpc) is 3.82. The first-order valence-electron chi connectivity index (χ1n) is 19.1. The lowest BCUT2D eigenvalue weighted by Gasteiger charge is -2.30. The minimum Gasteiger partial charge on any atom is -0.497 e. The third-order valence-electron chi connectivity index (χ3n) is 11.4. The number of para-hydroxylation sites is 1. The molecule has 0 bridgehead atoms. The molecule has 0 aliphatic heterocycles. The summed E-state index contributed by atoms with van der Waals surface area (Å²) in [5.41, 5.74) is 10.3. The van der Waals surface area contributed by atoms with Gasteiger partial charge in [0.15, 0.2) is 0 Å². The summed E-state index contributed by atoms with van der Waals surface area (Å²) in [6.45, 7) is 2.30. The van der Waals surface area contributed by atoms with E-state index in [9.17, 15) is 0 Å². The van der Waals surface area contributed by atoms with Gasteiger partial charge in [0, 0.05) is 46.9 Å². The average molecular weight is 687 g/mol. The standard InChI is InChI=1S/C46H46N4O2/c1-31-24-41(32-12-5-3-6-13-32)46(42(25-31)33-14-7-4-8-15-33)34-29-48-49(30-34)35-16-11-17-37(26-35)52-38-20-21-40-39-18-9-10-19-43(39)50(44(40)27-38)45-28-36(51-2)22-23-47-45/h9-11,16-30,32-33H,3-8,12-15H2,1-2H3. The zero-order chi connectivity index (χ0) is 35.0. The van der Waals surface area contributed by atoms with Crippen molar-refractivity contribution in [1.82, 2.24) is 19.3 Å². The Kier molecular flexibility index (Phi) is 8.75. The highest BCUT2D eigenvalue weighted by molar-refractivity contribution is 6.09. The van der Waals surface area contributed by atoms with Crippen LogP contribution in [0.3, 0.4) is 0 Å². The minimum atomic E-state index is 0.627. The predicted octanol–water partition coefficient (Wildman–Crippen LogP) is 12.2. The van der Waals surface area contributed by atoms with Crippen LogP contribution < -0.4 is 9.47 Å². The number of aromatic nitrogens is 4. The first kappa shape index (κ1) is 32.5. The van der Waals surface area contributed by atoms with E-state index in [-0.39, 0.29) is 0 Å². The topological polar surface area (TPSA) is 54.1 Å². The molecular formula is C46H46N4O2. The smallest absolute Gasteiger partial charge is 0.141 e. The molecule has 6 heteroatoms. The summed E-state index contributed by atoms with van der Waals surface area (Å²) < 4.78 is 16.3. The molecule has 3 aromatic heterocycles. The zero-order valence-corrected chi connectivity index (χ0v) is 30.2. The Balaban J connectivity index is 1.06. The second-order valence-electron chi connectivity index (χ2n) is 14.8. The van der Waals surface area contributed by atoms with Gasteiger partial charge in [-0.25, -0.2) is 9.67 Å². The number of pyridine rings is 1. The van der Waals surface area contributed by atoms with Crippen LogP contribution in [0.1, 0.15) is 92.7 Å². The normalized spacial score (nSPS) is 15.7. The largest absolute Gasteiger partial charge is 0.497 e. The number of hydrogen-bond donors (Lipinski definition) is 0. The molecule has 0 spiro atoms. The van der Waals surface area contributed by atoms with Crippen molar-refractivity contribution in [2.45, 2.75) is 83.0 Å². The number of hydrogen-bond acceptors (Lipinski definition) is 4. The van der Waals surface area contributed by atoms with E-state index >= 15 is 0 Å². The molecular weight excluding hydrogens is 641 g/mol. The molecule has 7 aromatic rings. The Morgan fingerprint density at radius 1 is 0.654 bits per heavy atom. The quantitative estimate of drug-likeness (QED) is 0.160. The molecule has 2 saturated carbocycles. The fourth-order valence-corrected chi connectivity index (χ4v) is 8.98. The molecule has 262 valence electrons. The van der Waals surface area contributed by atoms with E-state index in [0.717, 1.165) is 50.6 Å². The molecule has 4 aromatic carbocycles. The van der Waals surface area contributed by atoms with Crippen molar-refractivity contribution in [3.63, 3.8) is 0 Å². The van der Waals surface area contributed by atoms with Gasteiger partial charge >= 0.3 is 0 Å². The summed E-state index contributed by atoms with van der Waals surface area (Å²) in [4.78, 5) is 4.71. The molecule has 0 atom stereocenters. The van der Waals surface area contributed by atoms with Gasteiger partial charge in [0.2, 0.25) is 0 Å². The van der Waals surface area contributed by atoms with E-state index < -0.39 is 0 Å². The summed E-state index contributed by atoms with van der Waals surface area (Å²) in [7, 11) is 1.68. The molecule has 2 aliphatic rings. The van der Waals surface area contributed by atoms with Gasteiger partial charge in [0.1, 0.15) is 23.1 Å². The van der Waals surface area contributed by atoms with Gasteiger partial charge in [-0.1, -0.05) is 80.5 Å². The van der Waals surface area contributed by atoms with Crippen LogP contribution >= 0.6 is 0 Å². The Labute approximate surface area is 306 Å². The number of rotatable bonds is 8. The number of ether oxygens (including phenoxy) is 2. The summed E-state index contributed by atoms with van der Waals surface area (Å²) in [5.74, 6) is 4.33. The SMILES string of the molecule is COc1ccnc(-n2c3ccccc3c3ccc(Oc4cccc(-n5cc(-c6c(C7CCCCC7)cc(C)cc6C6CCCCC6)cn5)c4)cc32)c1. The molecule has 0 saturated heterocycles. The molecule has 0 radical (unpaired) electrons. The van der Waals surface area contributed by atoms with Crippen LogP contribution in [0.5, 0.6) is 17.2 Å². The van der Waals surface area contributed by atoms with Gasteiger partial charge in [0.05, 0.1) is 30.0 Å². The maximum absolute atomic E-state index is 6.58.